The van der Waals surface area contributed by atoms with Crippen molar-refractivity contribution in [2.24, 2.45) is 0 Å². The Balaban J connectivity index is 1.63. The highest BCUT2D eigenvalue weighted by molar-refractivity contribution is 9.11. The van der Waals surface area contributed by atoms with E-state index in [2.05, 4.69) is 25.4 Å². The summed E-state index contributed by atoms with van der Waals surface area (Å²) < 4.78 is 41.9. The van der Waals surface area contributed by atoms with Crippen molar-refractivity contribution >= 4 is 41.5 Å². The molecule has 0 radical (unpaired) electrons. The predicted molar refractivity (Wildman–Crippen MR) is 136 cm³/mol. The number of aromatic amines is 1. The molecule has 5 atom stereocenters. The summed E-state index contributed by atoms with van der Waals surface area (Å²) in [6.07, 6.45) is -0.835. The van der Waals surface area contributed by atoms with Crippen molar-refractivity contribution in [2.45, 2.75) is 44.7 Å². The number of aromatic nitrogens is 2. The van der Waals surface area contributed by atoms with Gasteiger partial charge in [0.25, 0.3) is 5.56 Å². The molecule has 1 aliphatic heterocycles. The molecule has 2 aromatic rings. The van der Waals surface area contributed by atoms with Gasteiger partial charge in [0, 0.05) is 12.6 Å². The van der Waals surface area contributed by atoms with Crippen molar-refractivity contribution in [3.63, 3.8) is 0 Å². The van der Waals surface area contributed by atoms with Gasteiger partial charge in [0.05, 0.1) is 30.6 Å². The summed E-state index contributed by atoms with van der Waals surface area (Å²) in [5, 5.41) is 11.4. The van der Waals surface area contributed by atoms with Gasteiger partial charge in [0.15, 0.2) is 6.04 Å². The minimum absolute atomic E-state index is 0.0923. The quantitative estimate of drug-likeness (QED) is 0.248. The Labute approximate surface area is 224 Å². The van der Waals surface area contributed by atoms with Crippen LogP contribution in [-0.4, -0.2) is 57.0 Å². The fourth-order valence-corrected chi connectivity index (χ4v) is 4.61. The Morgan fingerprint density at radius 2 is 2.08 bits per heavy atom. The number of aliphatic hydroxyl groups excluding tert-OH is 1. The second-order valence-corrected chi connectivity index (χ2v) is 9.95. The first-order valence-electron chi connectivity index (χ1n) is 11.3. The van der Waals surface area contributed by atoms with Crippen LogP contribution in [0, 0.1) is 5.82 Å². The molecule has 0 aliphatic carbocycles. The van der Waals surface area contributed by atoms with E-state index in [-0.39, 0.29) is 18.6 Å². The van der Waals surface area contributed by atoms with Crippen LogP contribution in [0.5, 0.6) is 0 Å². The molecule has 1 unspecified atom stereocenters. The molecule has 13 nitrogen and oxygen atoms in total. The molecule has 1 saturated heterocycles. The maximum atomic E-state index is 13.3. The van der Waals surface area contributed by atoms with Crippen LogP contribution in [0.4, 0.5) is 10.1 Å². The average molecular weight is 622 g/mol. The summed E-state index contributed by atoms with van der Waals surface area (Å²) in [5.74, 6) is -1.68. The Kier molecular flexibility index (Phi) is 10.2. The molecule has 16 heteroatoms. The lowest BCUT2D eigenvalue weighted by Crippen LogP contribution is -2.40. The van der Waals surface area contributed by atoms with E-state index in [1.54, 1.807) is 6.92 Å². The second kappa shape index (κ2) is 12.9. The number of nitrogens with zero attached hydrogens (tertiary/aromatic N) is 2. The van der Waals surface area contributed by atoms with E-state index >= 15 is 0 Å². The van der Waals surface area contributed by atoms with E-state index in [4.69, 9.17) is 14.1 Å². The first-order valence-corrected chi connectivity index (χ1v) is 13.7. The smallest absolute Gasteiger partial charge is 0.390 e. The number of anilines is 1. The van der Waals surface area contributed by atoms with Crippen LogP contribution in [-0.2, 0) is 28.0 Å². The van der Waals surface area contributed by atoms with Crippen LogP contribution in [0.1, 0.15) is 32.1 Å². The van der Waals surface area contributed by atoms with Gasteiger partial charge in [-0.2, -0.15) is 0 Å². The van der Waals surface area contributed by atoms with E-state index in [1.807, 2.05) is 0 Å². The number of ether oxygens (including phenoxy) is 1. The number of phosphoric acid groups is 1. The van der Waals surface area contributed by atoms with Crippen LogP contribution in [0.25, 0.3) is 6.08 Å². The van der Waals surface area contributed by atoms with Gasteiger partial charge < -0.3 is 14.4 Å². The molecular weight excluding hydrogens is 596 g/mol. The third kappa shape index (κ3) is 7.47. The van der Waals surface area contributed by atoms with Gasteiger partial charge in [-0.1, -0.05) is 15.9 Å². The zero-order valence-corrected chi connectivity index (χ0v) is 22.7. The van der Waals surface area contributed by atoms with Gasteiger partial charge in [-0.3, -0.25) is 28.6 Å². The fraction of sp³-hybridized carbons (Fsp3) is 0.409. The molecule has 2 heterocycles. The monoisotopic (exact) mass is 621 g/mol. The highest BCUT2D eigenvalue weighted by atomic mass is 79.9. The molecule has 3 rings (SSSR count). The van der Waals surface area contributed by atoms with Gasteiger partial charge in [0.1, 0.15) is 18.1 Å². The molecule has 0 spiro atoms. The minimum Gasteiger partial charge on any atom is -0.390 e. The molecule has 38 heavy (non-hydrogen) atoms. The van der Waals surface area contributed by atoms with E-state index in [0.717, 1.165) is 21.8 Å². The van der Waals surface area contributed by atoms with Crippen molar-refractivity contribution < 1.29 is 42.4 Å². The van der Waals surface area contributed by atoms with E-state index in [1.165, 1.54) is 36.3 Å². The maximum absolute atomic E-state index is 13.3. The van der Waals surface area contributed by atoms with Crippen LogP contribution in [0.2, 0.25) is 0 Å². The molecule has 208 valence electrons. The fourth-order valence-electron chi connectivity index (χ4n) is 3.55. The number of rotatable bonds is 11. The maximum Gasteiger partial charge on any atom is 0.529 e. The number of carbonyl (C=O) groups excluding carboxylic acids is 1. The van der Waals surface area contributed by atoms with Gasteiger partial charge in [-0.05, 0) is 49.2 Å². The lowest BCUT2D eigenvalue weighted by atomic mass is 10.2. The van der Waals surface area contributed by atoms with E-state index in [0.29, 0.717) is 5.69 Å². The largest absolute Gasteiger partial charge is 0.529 e. The van der Waals surface area contributed by atoms with E-state index < -0.39 is 61.9 Å². The summed E-state index contributed by atoms with van der Waals surface area (Å²) in [5.41, 5.74) is -0.967. The Morgan fingerprint density at radius 1 is 1.39 bits per heavy atom. The Hall–Kier alpha value is -2.65. The number of phosphoric ester groups is 1. The number of halogens is 2. The van der Waals surface area contributed by atoms with Crippen molar-refractivity contribution in [2.75, 3.05) is 18.3 Å². The molecule has 1 aliphatic rings. The topological polar surface area (TPSA) is 170 Å². The molecule has 1 fully saturated rings. The number of benzene rings is 1. The number of hydrogen-bond donors (Lipinski definition) is 3. The van der Waals surface area contributed by atoms with Gasteiger partial charge in [0.2, 0.25) is 0 Å². The van der Waals surface area contributed by atoms with Crippen LogP contribution in [0.3, 0.4) is 0 Å². The molecule has 1 aromatic heterocycles. The minimum atomic E-state index is -4.98. The van der Waals surface area contributed by atoms with Crippen LogP contribution in [0.15, 0.2) is 45.0 Å². The summed E-state index contributed by atoms with van der Waals surface area (Å²) in [4.78, 5) is 55.7. The summed E-state index contributed by atoms with van der Waals surface area (Å²) in [6.45, 7) is 2.46. The third-order valence-corrected chi connectivity index (χ3v) is 6.55. The third-order valence-electron chi connectivity index (χ3n) is 5.40. The predicted octanol–water partition coefficient (Wildman–Crippen LogP) is 2.20. The molecule has 0 amide bonds. The molecule has 0 bridgehead atoms. The van der Waals surface area contributed by atoms with Crippen LogP contribution < -0.4 is 16.3 Å². The Bertz CT molecular complexity index is 1320. The number of hydroxylamine groups is 1. The van der Waals surface area contributed by atoms with Crippen molar-refractivity contribution in [1.29, 1.82) is 0 Å². The highest BCUT2D eigenvalue weighted by Gasteiger charge is 2.39. The summed E-state index contributed by atoms with van der Waals surface area (Å²) in [6, 6.07) is 3.79. The Morgan fingerprint density at radius 3 is 2.71 bits per heavy atom. The molecule has 1 aromatic carbocycles. The standard InChI is InChI=1S/C22H26BrFN3O10P/c1-3-34-27(16-6-4-15(24)5-7-16)13(2)21(30)37-38(32,33)35-12-18-17(28)10-19(36-18)26-11-14(8-9-23)20(29)25-22(26)31/h4-9,11,13,17-19,28H,3,10,12H2,1-2H3,(H,32,33)(H,25,29,31)/b9-8+/t13-,17-,18+,19+/m0/s1. The molecule has 3 N–H and O–H groups in total. The SMILES string of the molecule is CCON(c1ccc(F)cc1)[C@@H](C)C(=O)OP(=O)(O)OC[C@H]1O[C@@H](n2cc(/C=C/Br)c(=O)[nH]c2=O)C[C@@H]1O. The number of nitrogens with one attached hydrogen (secondary N) is 1. The lowest BCUT2D eigenvalue weighted by Gasteiger charge is -2.28. The first-order chi connectivity index (χ1) is 18.0. The number of aliphatic hydroxyl groups is 1. The lowest BCUT2D eigenvalue weighted by molar-refractivity contribution is -0.139. The van der Waals surface area contributed by atoms with Crippen molar-refractivity contribution in [3.8, 4) is 0 Å². The zero-order chi connectivity index (χ0) is 28.0. The van der Waals surface area contributed by atoms with Crippen LogP contribution >= 0.6 is 23.8 Å². The van der Waals surface area contributed by atoms with Crippen molar-refractivity contribution in [1.82, 2.24) is 9.55 Å². The summed E-state index contributed by atoms with van der Waals surface area (Å²) in [7, 11) is -4.98. The van der Waals surface area contributed by atoms with Gasteiger partial charge in [-0.25, -0.2) is 23.6 Å². The zero-order valence-electron chi connectivity index (χ0n) is 20.2. The van der Waals surface area contributed by atoms with Gasteiger partial charge >= 0.3 is 19.5 Å². The van der Waals surface area contributed by atoms with E-state index in [9.17, 15) is 33.3 Å². The highest BCUT2D eigenvalue weighted by Crippen LogP contribution is 2.45. The molecular formula is C22H26BrFN3O10P. The normalized spacial score (nSPS) is 21.8. The van der Waals surface area contributed by atoms with Gasteiger partial charge in [-0.15, -0.1) is 0 Å². The summed E-state index contributed by atoms with van der Waals surface area (Å²) >= 11 is 3.04. The van der Waals surface area contributed by atoms with Crippen molar-refractivity contribution in [3.05, 3.63) is 67.7 Å². The first kappa shape index (κ1) is 29.9. The number of H-pyrrole nitrogens is 1. The average Bonchev–Trinajstić information content (AvgIpc) is 3.23. The number of hydrogen-bond acceptors (Lipinski definition) is 10. The number of carbonyl (C=O) groups is 1. The second-order valence-electron chi connectivity index (χ2n) is 8.05. The molecule has 0 saturated carbocycles.